The highest BCUT2D eigenvalue weighted by molar-refractivity contribution is 5.01. The normalized spacial score (nSPS) is 42.6. The van der Waals surface area contributed by atoms with Crippen molar-refractivity contribution in [3.63, 3.8) is 0 Å². The number of unbranched alkanes of at least 4 members (excludes halogenated alkanes) is 2. The Labute approximate surface area is 164 Å². The molecule has 0 spiro atoms. The summed E-state index contributed by atoms with van der Waals surface area (Å²) in [6, 6.07) is 0. The van der Waals surface area contributed by atoms with Gasteiger partial charge in [-0.2, -0.15) is 0 Å². The quantitative estimate of drug-likeness (QED) is 0.445. The van der Waals surface area contributed by atoms with E-state index in [2.05, 4.69) is 34.6 Å². The van der Waals surface area contributed by atoms with Gasteiger partial charge in [0.15, 0.2) is 0 Å². The molecule has 0 aromatic carbocycles. The predicted molar refractivity (Wildman–Crippen MR) is 112 cm³/mol. The summed E-state index contributed by atoms with van der Waals surface area (Å²) in [5.41, 5.74) is 1.13. The van der Waals surface area contributed by atoms with Crippen LogP contribution in [-0.2, 0) is 4.74 Å². The van der Waals surface area contributed by atoms with Gasteiger partial charge in [0.1, 0.15) is 0 Å². The molecule has 3 fully saturated rings. The first-order chi connectivity index (χ1) is 12.4. The van der Waals surface area contributed by atoms with Crippen LogP contribution in [0.2, 0.25) is 0 Å². The molecule has 26 heavy (non-hydrogen) atoms. The molecule has 0 amide bonds. The molecule has 1 heteroatoms. The second-order valence-electron chi connectivity index (χ2n) is 11.1. The summed E-state index contributed by atoms with van der Waals surface area (Å²) in [6.07, 6.45) is 15.6. The minimum absolute atomic E-state index is 0.508. The molecule has 3 saturated carbocycles. The summed E-state index contributed by atoms with van der Waals surface area (Å²) >= 11 is 0. The molecule has 152 valence electrons. The van der Waals surface area contributed by atoms with Crippen LogP contribution < -0.4 is 0 Å². The van der Waals surface area contributed by atoms with E-state index >= 15 is 0 Å². The first-order valence-electron chi connectivity index (χ1n) is 12.0. The van der Waals surface area contributed by atoms with Crippen molar-refractivity contribution < 1.29 is 4.74 Å². The molecule has 3 aliphatic rings. The van der Waals surface area contributed by atoms with Crippen LogP contribution in [0.25, 0.3) is 0 Å². The molecular formula is C25H46O. The lowest BCUT2D eigenvalue weighted by Crippen LogP contribution is -2.49. The zero-order valence-electron chi connectivity index (χ0n) is 18.5. The molecule has 0 heterocycles. The highest BCUT2D eigenvalue weighted by atomic mass is 16.5. The van der Waals surface area contributed by atoms with Crippen LogP contribution in [0.1, 0.15) is 105 Å². The van der Waals surface area contributed by atoms with E-state index in [4.69, 9.17) is 4.74 Å². The van der Waals surface area contributed by atoms with Crippen LogP contribution in [0.4, 0.5) is 0 Å². The van der Waals surface area contributed by atoms with Crippen molar-refractivity contribution in [1.29, 1.82) is 0 Å². The van der Waals surface area contributed by atoms with Crippen LogP contribution in [0, 0.1) is 40.4 Å². The standard InChI is InChI=1S/C25H46O/c1-6-7-8-16-26-18-20-11-12-21-17-23-19(2)10-9-14-25(23,5)15-13-22(20)24(21,3)4/h19-23H,6-18H2,1-5H3/t19-,20+,21+,22+,23-,25+/m1/s1. The average molecular weight is 363 g/mol. The summed E-state index contributed by atoms with van der Waals surface area (Å²) in [6.45, 7) is 14.7. The maximum Gasteiger partial charge on any atom is 0.0497 e. The molecule has 0 aliphatic heterocycles. The molecule has 0 radical (unpaired) electrons. The fourth-order valence-corrected chi connectivity index (χ4v) is 7.34. The highest BCUT2D eigenvalue weighted by Gasteiger charge is 2.51. The smallest absolute Gasteiger partial charge is 0.0497 e. The first kappa shape index (κ1) is 20.7. The fourth-order valence-electron chi connectivity index (χ4n) is 7.34. The van der Waals surface area contributed by atoms with E-state index < -0.39 is 0 Å². The molecule has 3 rings (SSSR count). The van der Waals surface area contributed by atoms with E-state index in [0.29, 0.717) is 10.8 Å². The van der Waals surface area contributed by atoms with E-state index in [-0.39, 0.29) is 0 Å². The lowest BCUT2D eigenvalue weighted by Gasteiger charge is -2.57. The van der Waals surface area contributed by atoms with E-state index in [1.54, 1.807) is 0 Å². The van der Waals surface area contributed by atoms with Crippen LogP contribution in [0.5, 0.6) is 0 Å². The lowest BCUT2D eigenvalue weighted by molar-refractivity contribution is -0.0879. The van der Waals surface area contributed by atoms with Gasteiger partial charge in [-0.05, 0) is 85.4 Å². The van der Waals surface area contributed by atoms with Gasteiger partial charge in [-0.25, -0.2) is 0 Å². The average Bonchev–Trinajstić information content (AvgIpc) is 2.58. The van der Waals surface area contributed by atoms with Gasteiger partial charge >= 0.3 is 0 Å². The third-order valence-corrected chi connectivity index (χ3v) is 9.24. The third-order valence-electron chi connectivity index (χ3n) is 9.24. The monoisotopic (exact) mass is 362 g/mol. The van der Waals surface area contributed by atoms with Gasteiger partial charge < -0.3 is 4.74 Å². The molecule has 0 N–H and O–H groups in total. The Bertz CT molecular complexity index is 441. The van der Waals surface area contributed by atoms with Gasteiger partial charge in [0.25, 0.3) is 0 Å². The van der Waals surface area contributed by atoms with Gasteiger partial charge in [0, 0.05) is 13.2 Å². The van der Waals surface area contributed by atoms with Crippen LogP contribution in [0.15, 0.2) is 0 Å². The first-order valence-corrected chi connectivity index (χ1v) is 12.0. The molecule has 0 aromatic rings. The largest absolute Gasteiger partial charge is 0.381 e. The van der Waals surface area contributed by atoms with Crippen molar-refractivity contribution in [2.45, 2.75) is 105 Å². The van der Waals surface area contributed by atoms with Gasteiger partial charge in [-0.15, -0.1) is 0 Å². The Balaban J connectivity index is 1.68. The van der Waals surface area contributed by atoms with Crippen molar-refractivity contribution >= 4 is 0 Å². The maximum atomic E-state index is 6.18. The van der Waals surface area contributed by atoms with Crippen LogP contribution in [0.3, 0.4) is 0 Å². The van der Waals surface area contributed by atoms with Crippen molar-refractivity contribution in [2.75, 3.05) is 13.2 Å². The summed E-state index contributed by atoms with van der Waals surface area (Å²) in [4.78, 5) is 0. The van der Waals surface area contributed by atoms with E-state index in [1.165, 1.54) is 70.6 Å². The van der Waals surface area contributed by atoms with E-state index in [9.17, 15) is 0 Å². The molecule has 3 aliphatic carbocycles. The molecule has 2 bridgehead atoms. The highest BCUT2D eigenvalue weighted by Crippen LogP contribution is 2.60. The minimum Gasteiger partial charge on any atom is -0.381 e. The topological polar surface area (TPSA) is 9.23 Å². The van der Waals surface area contributed by atoms with E-state index in [1.807, 2.05) is 0 Å². The second kappa shape index (κ2) is 8.54. The van der Waals surface area contributed by atoms with Crippen molar-refractivity contribution in [2.24, 2.45) is 40.4 Å². The van der Waals surface area contributed by atoms with Crippen LogP contribution in [-0.4, -0.2) is 13.2 Å². The molecule has 0 aromatic heterocycles. The molecule has 1 nitrogen and oxygen atoms in total. The van der Waals surface area contributed by atoms with Gasteiger partial charge in [-0.3, -0.25) is 0 Å². The Morgan fingerprint density at radius 2 is 1.73 bits per heavy atom. The number of ether oxygens (including phenoxy) is 1. The molecule has 0 unspecified atom stereocenters. The lowest BCUT2D eigenvalue weighted by atomic mass is 9.48. The third kappa shape index (κ3) is 4.18. The Morgan fingerprint density at radius 1 is 0.923 bits per heavy atom. The number of fused-ring (bicyclic) bond motifs is 3. The summed E-state index contributed by atoms with van der Waals surface area (Å²) in [7, 11) is 0. The number of hydrogen-bond donors (Lipinski definition) is 0. The van der Waals surface area contributed by atoms with Crippen molar-refractivity contribution in [3.05, 3.63) is 0 Å². The van der Waals surface area contributed by atoms with Crippen LogP contribution >= 0.6 is 0 Å². The van der Waals surface area contributed by atoms with E-state index in [0.717, 1.165) is 42.8 Å². The van der Waals surface area contributed by atoms with Crippen molar-refractivity contribution in [3.8, 4) is 0 Å². The van der Waals surface area contributed by atoms with Gasteiger partial charge in [0.2, 0.25) is 0 Å². The maximum absolute atomic E-state index is 6.18. The minimum atomic E-state index is 0.508. The Kier molecular flexibility index (Phi) is 6.80. The molecule has 6 atom stereocenters. The zero-order valence-corrected chi connectivity index (χ0v) is 18.5. The molecule has 0 saturated heterocycles. The summed E-state index contributed by atoms with van der Waals surface area (Å²) in [5, 5.41) is 0. The predicted octanol–water partition coefficient (Wildman–Crippen LogP) is 7.49. The van der Waals surface area contributed by atoms with Crippen molar-refractivity contribution in [1.82, 2.24) is 0 Å². The SMILES string of the molecule is CCCCCOC[C@@H]1CC[C@H]2C[C@@H]3[C@H](C)CCC[C@@]3(C)CC[C@@H]1C2(C)C. The Morgan fingerprint density at radius 3 is 2.50 bits per heavy atom. The number of rotatable bonds is 6. The summed E-state index contributed by atoms with van der Waals surface area (Å²) in [5.74, 6) is 4.55. The second-order valence-corrected chi connectivity index (χ2v) is 11.1. The molecular weight excluding hydrogens is 316 g/mol. The fraction of sp³-hybridized carbons (Fsp3) is 1.00. The zero-order chi connectivity index (χ0) is 18.8. The Hall–Kier alpha value is -0.0400. The number of hydrogen-bond acceptors (Lipinski definition) is 1. The van der Waals surface area contributed by atoms with Gasteiger partial charge in [-0.1, -0.05) is 60.3 Å². The van der Waals surface area contributed by atoms with Gasteiger partial charge in [0.05, 0.1) is 0 Å². The summed E-state index contributed by atoms with van der Waals surface area (Å²) < 4.78 is 6.18.